The van der Waals surface area contributed by atoms with Crippen molar-refractivity contribution >= 4 is 5.97 Å². The maximum Gasteiger partial charge on any atom is 0.303 e. The third-order valence-electron chi connectivity index (χ3n) is 2.75. The van der Waals surface area contributed by atoms with Crippen molar-refractivity contribution in [1.82, 2.24) is 14.8 Å². The van der Waals surface area contributed by atoms with E-state index >= 15 is 0 Å². The number of hydrogen-bond donors (Lipinski definition) is 1. The minimum atomic E-state index is -0.779. The Morgan fingerprint density at radius 2 is 2.28 bits per heavy atom. The fourth-order valence-corrected chi connectivity index (χ4v) is 1.83. The van der Waals surface area contributed by atoms with Gasteiger partial charge in [-0.3, -0.25) is 9.36 Å². The molecule has 1 heterocycles. The predicted molar refractivity (Wildman–Crippen MR) is 66.7 cm³/mol. The minimum Gasteiger partial charge on any atom is -0.481 e. The summed E-state index contributed by atoms with van der Waals surface area (Å²) < 4.78 is 1.92. The highest BCUT2D eigenvalue weighted by Crippen LogP contribution is 2.13. The number of aromatic nitrogens is 3. The predicted octanol–water partition coefficient (Wildman–Crippen LogP) is 1.85. The first-order valence-corrected chi connectivity index (χ1v) is 5.90. The van der Waals surface area contributed by atoms with Gasteiger partial charge in [-0.05, 0) is 24.1 Å². The lowest BCUT2D eigenvalue weighted by molar-refractivity contribution is -0.136. The minimum absolute atomic E-state index is 0.145. The van der Waals surface area contributed by atoms with E-state index in [9.17, 15) is 4.79 Å². The summed E-state index contributed by atoms with van der Waals surface area (Å²) in [7, 11) is 0. The Labute approximate surface area is 105 Å². The molecular formula is C13H15N3O2. The van der Waals surface area contributed by atoms with E-state index in [1.54, 1.807) is 6.33 Å². The van der Waals surface area contributed by atoms with E-state index in [2.05, 4.69) is 10.2 Å². The number of carboxylic acids is 1. The zero-order chi connectivity index (χ0) is 13.0. The molecule has 18 heavy (non-hydrogen) atoms. The highest BCUT2D eigenvalue weighted by atomic mass is 16.4. The average molecular weight is 245 g/mol. The second-order valence-corrected chi connectivity index (χ2v) is 4.03. The number of carboxylic acid groups (broad SMARTS) is 1. The highest BCUT2D eigenvalue weighted by Gasteiger charge is 2.05. The molecule has 0 saturated carbocycles. The molecule has 0 radical (unpaired) electrons. The van der Waals surface area contributed by atoms with Crippen LogP contribution in [0.15, 0.2) is 30.6 Å². The van der Waals surface area contributed by atoms with Gasteiger partial charge in [0.2, 0.25) is 0 Å². The van der Waals surface area contributed by atoms with Gasteiger partial charge in [0.15, 0.2) is 0 Å². The smallest absolute Gasteiger partial charge is 0.303 e. The number of aryl methyl sites for hydroxylation is 2. The molecule has 5 nitrogen and oxygen atoms in total. The van der Waals surface area contributed by atoms with Crippen molar-refractivity contribution in [2.24, 2.45) is 0 Å². The van der Waals surface area contributed by atoms with Gasteiger partial charge in [-0.15, -0.1) is 10.2 Å². The van der Waals surface area contributed by atoms with Crippen LogP contribution >= 0.6 is 0 Å². The Kier molecular flexibility index (Phi) is 3.72. The Balaban J connectivity index is 2.24. The maximum atomic E-state index is 10.6. The number of aliphatic carboxylic acids is 1. The van der Waals surface area contributed by atoms with Crippen molar-refractivity contribution in [3.05, 3.63) is 42.0 Å². The summed E-state index contributed by atoms with van der Waals surface area (Å²) in [4.78, 5) is 10.6. The highest BCUT2D eigenvalue weighted by molar-refractivity contribution is 5.67. The van der Waals surface area contributed by atoms with Gasteiger partial charge >= 0.3 is 5.97 Å². The zero-order valence-corrected chi connectivity index (χ0v) is 10.2. The molecule has 0 atom stereocenters. The van der Waals surface area contributed by atoms with Crippen molar-refractivity contribution in [3.8, 4) is 5.69 Å². The zero-order valence-electron chi connectivity index (χ0n) is 10.2. The maximum absolute atomic E-state index is 10.6. The van der Waals surface area contributed by atoms with E-state index in [-0.39, 0.29) is 6.42 Å². The first-order chi connectivity index (χ1) is 8.70. The third kappa shape index (κ3) is 2.74. The van der Waals surface area contributed by atoms with Crippen LogP contribution in [-0.2, 0) is 17.6 Å². The molecule has 1 aromatic heterocycles. The molecule has 0 aliphatic carbocycles. The molecule has 1 N–H and O–H groups in total. The Morgan fingerprint density at radius 1 is 1.44 bits per heavy atom. The third-order valence-corrected chi connectivity index (χ3v) is 2.75. The van der Waals surface area contributed by atoms with E-state index in [1.165, 1.54) is 0 Å². The fourth-order valence-electron chi connectivity index (χ4n) is 1.83. The Hall–Kier alpha value is -2.17. The molecular weight excluding hydrogens is 230 g/mol. The summed E-state index contributed by atoms with van der Waals surface area (Å²) in [5, 5.41) is 16.6. The van der Waals surface area contributed by atoms with E-state index in [0.29, 0.717) is 6.42 Å². The van der Waals surface area contributed by atoms with Gasteiger partial charge in [-0.25, -0.2) is 0 Å². The van der Waals surface area contributed by atoms with Crippen LogP contribution in [0.4, 0.5) is 0 Å². The fraction of sp³-hybridized carbons (Fsp3) is 0.308. The van der Waals surface area contributed by atoms with E-state index in [4.69, 9.17) is 5.11 Å². The van der Waals surface area contributed by atoms with Gasteiger partial charge in [0, 0.05) is 18.5 Å². The number of rotatable bonds is 5. The first kappa shape index (κ1) is 12.3. The number of benzene rings is 1. The summed E-state index contributed by atoms with van der Waals surface area (Å²) in [5.74, 6) is 0.115. The molecule has 2 rings (SSSR count). The van der Waals surface area contributed by atoms with Crippen LogP contribution in [0.1, 0.15) is 24.7 Å². The lowest BCUT2D eigenvalue weighted by Gasteiger charge is -2.07. The quantitative estimate of drug-likeness (QED) is 0.872. The summed E-state index contributed by atoms with van der Waals surface area (Å²) in [6.07, 6.45) is 3.16. The van der Waals surface area contributed by atoms with Gasteiger partial charge in [-0.2, -0.15) is 0 Å². The van der Waals surface area contributed by atoms with Crippen LogP contribution in [0.2, 0.25) is 0 Å². The van der Waals surface area contributed by atoms with Crippen LogP contribution in [0.5, 0.6) is 0 Å². The molecule has 0 bridgehead atoms. The second kappa shape index (κ2) is 5.44. The van der Waals surface area contributed by atoms with Crippen LogP contribution in [-0.4, -0.2) is 25.8 Å². The molecule has 5 heteroatoms. The molecule has 0 aliphatic rings. The average Bonchev–Trinajstić information content (AvgIpc) is 2.85. The van der Waals surface area contributed by atoms with Crippen molar-refractivity contribution in [3.63, 3.8) is 0 Å². The molecule has 1 aromatic carbocycles. The summed E-state index contributed by atoms with van der Waals surface area (Å²) >= 11 is 0. The van der Waals surface area contributed by atoms with Crippen LogP contribution in [0.3, 0.4) is 0 Å². The molecule has 0 saturated heterocycles. The van der Waals surface area contributed by atoms with Crippen molar-refractivity contribution in [1.29, 1.82) is 0 Å². The summed E-state index contributed by atoms with van der Waals surface area (Å²) in [5.41, 5.74) is 1.98. The van der Waals surface area contributed by atoms with Gasteiger partial charge in [-0.1, -0.05) is 19.1 Å². The van der Waals surface area contributed by atoms with Crippen molar-refractivity contribution < 1.29 is 9.90 Å². The van der Waals surface area contributed by atoms with Gasteiger partial charge < -0.3 is 5.11 Å². The molecule has 0 spiro atoms. The van der Waals surface area contributed by atoms with E-state index in [0.717, 1.165) is 23.5 Å². The monoisotopic (exact) mass is 245 g/mol. The van der Waals surface area contributed by atoms with E-state index in [1.807, 2.05) is 35.8 Å². The molecule has 2 aromatic rings. The molecule has 0 unspecified atom stereocenters. The normalized spacial score (nSPS) is 10.5. The molecule has 0 aliphatic heterocycles. The molecule has 0 fully saturated rings. The number of carbonyl (C=O) groups is 1. The number of nitrogens with zero attached hydrogens (tertiary/aromatic N) is 3. The van der Waals surface area contributed by atoms with Crippen LogP contribution < -0.4 is 0 Å². The molecule has 0 amide bonds. The molecule has 94 valence electrons. The largest absolute Gasteiger partial charge is 0.481 e. The van der Waals surface area contributed by atoms with Crippen LogP contribution in [0.25, 0.3) is 5.69 Å². The van der Waals surface area contributed by atoms with Gasteiger partial charge in [0.25, 0.3) is 0 Å². The Bertz CT molecular complexity index is 549. The lowest BCUT2D eigenvalue weighted by atomic mass is 10.1. The topological polar surface area (TPSA) is 68.0 Å². The van der Waals surface area contributed by atoms with Crippen molar-refractivity contribution in [2.45, 2.75) is 26.2 Å². The first-order valence-electron chi connectivity index (χ1n) is 5.90. The summed E-state index contributed by atoms with van der Waals surface area (Å²) in [6.45, 7) is 2.02. The lowest BCUT2D eigenvalue weighted by Crippen LogP contribution is -2.01. The van der Waals surface area contributed by atoms with Gasteiger partial charge in [0.05, 0.1) is 0 Å². The van der Waals surface area contributed by atoms with Gasteiger partial charge in [0.1, 0.15) is 12.2 Å². The number of hydrogen-bond acceptors (Lipinski definition) is 3. The van der Waals surface area contributed by atoms with Crippen molar-refractivity contribution in [2.75, 3.05) is 0 Å². The summed E-state index contributed by atoms with van der Waals surface area (Å²) in [6, 6.07) is 7.80. The standard InChI is InChI=1S/C13H15N3O2/c1-2-12-15-14-9-16(12)11-5-3-4-10(8-11)6-7-13(17)18/h3-5,8-9H,2,6-7H2,1H3,(H,17,18). The SMILES string of the molecule is CCc1nncn1-c1cccc(CCC(=O)O)c1. The van der Waals surface area contributed by atoms with Crippen LogP contribution in [0, 0.1) is 0 Å². The second-order valence-electron chi connectivity index (χ2n) is 4.03. The Morgan fingerprint density at radius 3 is 3.00 bits per heavy atom. The van der Waals surface area contributed by atoms with E-state index < -0.39 is 5.97 Å².